The monoisotopic (exact) mass is 348 g/mol. The van der Waals surface area contributed by atoms with Crippen molar-refractivity contribution in [3.63, 3.8) is 0 Å². The average Bonchev–Trinajstić information content (AvgIpc) is 2.96. The van der Waals surface area contributed by atoms with Gasteiger partial charge in [-0.05, 0) is 25.0 Å². The molecule has 0 saturated heterocycles. The van der Waals surface area contributed by atoms with Crippen LogP contribution >= 0.6 is 11.3 Å². The largest absolute Gasteiger partial charge is 0.480 e. The molecule has 1 heterocycles. The van der Waals surface area contributed by atoms with E-state index in [2.05, 4.69) is 16.9 Å². The maximum Gasteiger partial charge on any atom is 0.328 e. The van der Waals surface area contributed by atoms with Crippen LogP contribution in [0.4, 0.5) is 0 Å². The number of ether oxygens (including phenoxy) is 1. The first-order valence-corrected chi connectivity index (χ1v) is 8.47. The fourth-order valence-electron chi connectivity index (χ4n) is 2.14. The molecule has 2 rings (SSSR count). The number of hydrogen-bond acceptors (Lipinski definition) is 5. The van der Waals surface area contributed by atoms with Crippen LogP contribution in [0.25, 0.3) is 10.2 Å². The third-order valence-corrected chi connectivity index (χ3v) is 4.38. The highest BCUT2D eigenvalue weighted by atomic mass is 32.1. The van der Waals surface area contributed by atoms with Crippen LogP contribution in [0.2, 0.25) is 0 Å². The van der Waals surface area contributed by atoms with E-state index in [0.29, 0.717) is 12.8 Å². The van der Waals surface area contributed by atoms with Gasteiger partial charge in [0.1, 0.15) is 0 Å². The van der Waals surface area contributed by atoms with Gasteiger partial charge in [0, 0.05) is 6.42 Å². The molecule has 0 aliphatic rings. The first kappa shape index (κ1) is 18.1. The number of nitrogens with zero attached hydrogens (tertiary/aromatic N) is 1. The first-order valence-electron chi connectivity index (χ1n) is 7.65. The van der Waals surface area contributed by atoms with Gasteiger partial charge in [0.2, 0.25) is 5.91 Å². The quantitative estimate of drug-likeness (QED) is 0.508. The number of amides is 1. The highest BCUT2D eigenvalue weighted by Gasteiger charge is 2.19. The zero-order chi connectivity index (χ0) is 17.4. The summed E-state index contributed by atoms with van der Waals surface area (Å²) in [5.74, 6) is -1.41. The molecule has 0 aliphatic carbocycles. The van der Waals surface area contributed by atoms with E-state index >= 15 is 0 Å². The van der Waals surface area contributed by atoms with Gasteiger partial charge in [0.25, 0.3) is 0 Å². The number of rotatable bonds is 10. The number of benzene rings is 1. The summed E-state index contributed by atoms with van der Waals surface area (Å²) < 4.78 is 6.22. The normalized spacial score (nSPS) is 12.0. The van der Waals surface area contributed by atoms with Crippen molar-refractivity contribution in [2.24, 2.45) is 0 Å². The van der Waals surface area contributed by atoms with Crippen molar-refractivity contribution in [3.05, 3.63) is 41.9 Å². The summed E-state index contributed by atoms with van der Waals surface area (Å²) >= 11 is 1.62. The first-order chi connectivity index (χ1) is 11.6. The van der Waals surface area contributed by atoms with E-state index in [1.165, 1.54) is 6.08 Å². The topological polar surface area (TPSA) is 88.5 Å². The Bertz CT molecular complexity index is 680. The third kappa shape index (κ3) is 5.43. The number of nitrogens with one attached hydrogen (secondary N) is 1. The molecule has 0 fully saturated rings. The number of thiazole rings is 1. The summed E-state index contributed by atoms with van der Waals surface area (Å²) in [6, 6.07) is 6.85. The maximum absolute atomic E-state index is 11.9. The number of hydrogen-bond donors (Lipinski definition) is 2. The van der Waals surface area contributed by atoms with E-state index < -0.39 is 12.0 Å². The summed E-state index contributed by atoms with van der Waals surface area (Å²) in [7, 11) is 0. The van der Waals surface area contributed by atoms with Crippen LogP contribution in [0.5, 0.6) is 0 Å². The van der Waals surface area contributed by atoms with Crippen LogP contribution < -0.4 is 5.32 Å². The summed E-state index contributed by atoms with van der Waals surface area (Å²) in [6.07, 6.45) is 3.09. The Balaban J connectivity index is 1.77. The van der Waals surface area contributed by atoms with Crippen molar-refractivity contribution in [1.82, 2.24) is 10.3 Å². The molecule has 2 aromatic rings. The summed E-state index contributed by atoms with van der Waals surface area (Å²) in [6.45, 7) is 3.65. The second kappa shape index (κ2) is 9.14. The zero-order valence-electron chi connectivity index (χ0n) is 13.2. The fourth-order valence-corrected chi connectivity index (χ4v) is 3.15. The molecule has 0 saturated carbocycles. The van der Waals surface area contributed by atoms with Gasteiger partial charge < -0.3 is 15.2 Å². The second-order valence-electron chi connectivity index (χ2n) is 5.21. The molecular formula is C17H20N2O4S. The molecule has 1 aromatic carbocycles. The van der Waals surface area contributed by atoms with Crippen LogP contribution in [0, 0.1) is 0 Å². The number of carbonyl (C=O) groups is 2. The molecule has 0 radical (unpaired) electrons. The standard InChI is InChI=1S/C17H20N2O4S/c1-2-10-23-11-13(17(21)22)18-15(20)8-5-9-16-19-12-6-3-4-7-14(12)24-16/h2-4,6-7,13H,1,5,8-11H2,(H,18,20)(H,21,22). The van der Waals surface area contributed by atoms with E-state index in [1.807, 2.05) is 24.3 Å². The van der Waals surface area contributed by atoms with Gasteiger partial charge in [-0.2, -0.15) is 0 Å². The highest BCUT2D eigenvalue weighted by Crippen LogP contribution is 2.22. The third-order valence-electron chi connectivity index (χ3n) is 3.29. The molecule has 7 heteroatoms. The molecule has 1 atom stereocenters. The molecule has 0 aliphatic heterocycles. The van der Waals surface area contributed by atoms with Gasteiger partial charge in [0.05, 0.1) is 28.4 Å². The Morgan fingerprint density at radius 1 is 1.42 bits per heavy atom. The lowest BCUT2D eigenvalue weighted by Gasteiger charge is -2.14. The predicted molar refractivity (Wildman–Crippen MR) is 93.1 cm³/mol. The van der Waals surface area contributed by atoms with E-state index in [0.717, 1.165) is 15.2 Å². The lowest BCUT2D eigenvalue weighted by molar-refractivity contribution is -0.143. The Morgan fingerprint density at radius 3 is 2.92 bits per heavy atom. The molecule has 1 unspecified atom stereocenters. The maximum atomic E-state index is 11.9. The molecule has 1 aromatic heterocycles. The van der Waals surface area contributed by atoms with Gasteiger partial charge >= 0.3 is 5.97 Å². The highest BCUT2D eigenvalue weighted by molar-refractivity contribution is 7.18. The summed E-state index contributed by atoms with van der Waals surface area (Å²) in [5.41, 5.74) is 0.965. The van der Waals surface area contributed by atoms with Crippen molar-refractivity contribution in [1.29, 1.82) is 0 Å². The van der Waals surface area contributed by atoms with Crippen LogP contribution in [0.3, 0.4) is 0 Å². The Labute approximate surface area is 144 Å². The minimum absolute atomic E-state index is 0.0784. The SMILES string of the molecule is C=CCOCC(NC(=O)CCCc1nc2ccccc2s1)C(=O)O. The number of carbonyl (C=O) groups excluding carboxylic acids is 1. The van der Waals surface area contributed by atoms with E-state index in [4.69, 9.17) is 9.84 Å². The number of para-hydroxylation sites is 1. The number of carboxylic acid groups (broad SMARTS) is 1. The molecule has 2 N–H and O–H groups in total. The number of fused-ring (bicyclic) bond motifs is 1. The molecule has 0 bridgehead atoms. The minimum atomic E-state index is -1.11. The predicted octanol–water partition coefficient (Wildman–Crippen LogP) is 2.39. The Kier molecular flexibility index (Phi) is 6.89. The van der Waals surface area contributed by atoms with Crippen molar-refractivity contribution < 1.29 is 19.4 Å². The number of carboxylic acids is 1. The summed E-state index contributed by atoms with van der Waals surface area (Å²) in [5, 5.41) is 12.5. The van der Waals surface area contributed by atoms with E-state index in [9.17, 15) is 9.59 Å². The van der Waals surface area contributed by atoms with E-state index in [-0.39, 0.29) is 25.5 Å². The molecule has 0 spiro atoms. The van der Waals surface area contributed by atoms with Gasteiger partial charge in [0.15, 0.2) is 6.04 Å². The minimum Gasteiger partial charge on any atom is -0.480 e. The molecule has 24 heavy (non-hydrogen) atoms. The van der Waals surface area contributed by atoms with Gasteiger partial charge in [-0.1, -0.05) is 18.2 Å². The number of aliphatic carboxylic acids is 1. The molecule has 6 nitrogen and oxygen atoms in total. The van der Waals surface area contributed by atoms with Crippen LogP contribution in [-0.2, 0) is 20.7 Å². The van der Waals surface area contributed by atoms with Crippen molar-refractivity contribution in [2.45, 2.75) is 25.3 Å². The smallest absolute Gasteiger partial charge is 0.328 e. The Morgan fingerprint density at radius 2 is 2.21 bits per heavy atom. The van der Waals surface area contributed by atoms with E-state index in [1.54, 1.807) is 11.3 Å². The molecular weight excluding hydrogens is 328 g/mol. The van der Waals surface area contributed by atoms with Crippen LogP contribution in [-0.4, -0.2) is 41.2 Å². The number of aryl methyl sites for hydroxylation is 1. The lowest BCUT2D eigenvalue weighted by Crippen LogP contribution is -2.44. The second-order valence-corrected chi connectivity index (χ2v) is 6.33. The molecule has 128 valence electrons. The van der Waals surface area contributed by atoms with Gasteiger partial charge in [-0.15, -0.1) is 17.9 Å². The molecule has 1 amide bonds. The Hall–Kier alpha value is -2.25. The van der Waals surface area contributed by atoms with Crippen molar-refractivity contribution in [3.8, 4) is 0 Å². The number of aromatic nitrogens is 1. The fraction of sp³-hybridized carbons (Fsp3) is 0.353. The lowest BCUT2D eigenvalue weighted by atomic mass is 10.2. The van der Waals surface area contributed by atoms with Gasteiger partial charge in [-0.3, -0.25) is 4.79 Å². The van der Waals surface area contributed by atoms with Crippen LogP contribution in [0.15, 0.2) is 36.9 Å². The summed E-state index contributed by atoms with van der Waals surface area (Å²) in [4.78, 5) is 27.5. The zero-order valence-corrected chi connectivity index (χ0v) is 14.1. The van der Waals surface area contributed by atoms with Gasteiger partial charge in [-0.25, -0.2) is 9.78 Å². The van der Waals surface area contributed by atoms with Crippen molar-refractivity contribution >= 4 is 33.4 Å². The van der Waals surface area contributed by atoms with Crippen LogP contribution in [0.1, 0.15) is 17.8 Å². The van der Waals surface area contributed by atoms with Crippen molar-refractivity contribution in [2.75, 3.05) is 13.2 Å². The average molecular weight is 348 g/mol.